The molecule has 21 heteroatoms. The highest BCUT2D eigenvalue weighted by atomic mass is 16.8. The average Bonchev–Trinajstić information content (AvgIpc) is 3.03. The molecule has 4 aliphatic heterocycles. The Morgan fingerprint density at radius 1 is 0.333 bits per heavy atom. The topological polar surface area (TPSA) is 348 Å². The third-order valence-electron chi connectivity index (χ3n) is 8.21. The Morgan fingerprint density at radius 3 is 1.16 bits per heavy atom. The van der Waals surface area contributed by atoms with Gasteiger partial charge in [-0.25, -0.2) is 0 Å². The van der Waals surface area contributed by atoms with Gasteiger partial charge in [-0.3, -0.25) is 0 Å². The largest absolute Gasteiger partial charge is 0.394 e. The predicted molar refractivity (Wildman–Crippen MR) is 134 cm³/mol. The van der Waals surface area contributed by atoms with Crippen molar-refractivity contribution in [3.05, 3.63) is 0 Å². The van der Waals surface area contributed by atoms with E-state index in [9.17, 15) is 71.5 Å². The lowest BCUT2D eigenvalue weighted by atomic mass is 9.95. The van der Waals surface area contributed by atoms with Crippen molar-refractivity contribution in [2.45, 2.75) is 123 Å². The van der Waals surface area contributed by atoms with Crippen LogP contribution in [0.15, 0.2) is 0 Å². The lowest BCUT2D eigenvalue weighted by Gasteiger charge is -2.50. The first kappa shape index (κ1) is 37.0. The van der Waals surface area contributed by atoms with E-state index in [2.05, 4.69) is 0 Å². The predicted octanol–water partition coefficient (Wildman–Crippen LogP) is -9.75. The minimum Gasteiger partial charge on any atom is -0.394 e. The molecule has 45 heavy (non-hydrogen) atoms. The van der Waals surface area contributed by atoms with Crippen molar-refractivity contribution in [2.24, 2.45) is 0 Å². The smallest absolute Gasteiger partial charge is 0.187 e. The molecular formula is C24H42O21. The first-order valence-corrected chi connectivity index (χ1v) is 14.1. The summed E-state index contributed by atoms with van der Waals surface area (Å²) in [6.45, 7) is -3.47. The summed E-state index contributed by atoms with van der Waals surface area (Å²) in [5.74, 6) is 0. The lowest BCUT2D eigenvalue weighted by molar-refractivity contribution is -0.407. The van der Waals surface area contributed by atoms with Gasteiger partial charge in [0.2, 0.25) is 0 Å². The van der Waals surface area contributed by atoms with Gasteiger partial charge >= 0.3 is 0 Å². The molecule has 0 spiro atoms. The van der Waals surface area contributed by atoms with Crippen LogP contribution in [0, 0.1) is 0 Å². The third-order valence-corrected chi connectivity index (χ3v) is 8.21. The van der Waals surface area contributed by atoms with Crippen molar-refractivity contribution in [3.8, 4) is 0 Å². The molecule has 21 nitrogen and oxygen atoms in total. The number of ether oxygens (including phenoxy) is 7. The molecule has 0 radical (unpaired) electrons. The van der Waals surface area contributed by atoms with Crippen molar-refractivity contribution in [1.29, 1.82) is 0 Å². The van der Waals surface area contributed by atoms with Crippen LogP contribution in [0.4, 0.5) is 0 Å². The Hall–Kier alpha value is -0.840. The Bertz CT molecular complexity index is 914. The molecule has 0 bridgehead atoms. The summed E-state index contributed by atoms with van der Waals surface area (Å²) in [6.07, 6.45) is -36.9. The normalized spacial score (nSPS) is 52.9. The van der Waals surface area contributed by atoms with E-state index >= 15 is 0 Å². The van der Waals surface area contributed by atoms with Gasteiger partial charge in [-0.1, -0.05) is 0 Å². The van der Waals surface area contributed by atoms with E-state index in [0.29, 0.717) is 0 Å². The molecule has 14 N–H and O–H groups in total. The van der Waals surface area contributed by atoms with Crippen LogP contribution in [0.3, 0.4) is 0 Å². The van der Waals surface area contributed by atoms with E-state index in [1.807, 2.05) is 0 Å². The summed E-state index contributed by atoms with van der Waals surface area (Å²) >= 11 is 0. The zero-order chi connectivity index (χ0) is 33.3. The van der Waals surface area contributed by atoms with Gasteiger partial charge in [0.15, 0.2) is 25.2 Å². The van der Waals surface area contributed by atoms with E-state index in [0.717, 1.165) is 0 Å². The highest BCUT2D eigenvalue weighted by molar-refractivity contribution is 4.98. The average molecular weight is 667 g/mol. The van der Waals surface area contributed by atoms with Gasteiger partial charge in [-0.2, -0.15) is 0 Å². The van der Waals surface area contributed by atoms with Gasteiger partial charge < -0.3 is 105 Å². The highest BCUT2D eigenvalue weighted by Gasteiger charge is 2.56. The van der Waals surface area contributed by atoms with Crippen LogP contribution in [0.25, 0.3) is 0 Å². The number of hydrogen-bond donors (Lipinski definition) is 14. The number of hydrogen-bond acceptors (Lipinski definition) is 21. The molecule has 0 saturated carbocycles. The first-order chi connectivity index (χ1) is 21.3. The highest BCUT2D eigenvalue weighted by Crippen LogP contribution is 2.35. The van der Waals surface area contributed by atoms with Crippen molar-refractivity contribution < 1.29 is 105 Å². The minimum absolute atomic E-state index is 0.807. The lowest BCUT2D eigenvalue weighted by Crippen LogP contribution is -2.68. The minimum atomic E-state index is -2.04. The maximum absolute atomic E-state index is 11.1. The molecule has 4 rings (SSSR count). The van der Waals surface area contributed by atoms with Crippen molar-refractivity contribution in [2.75, 3.05) is 26.4 Å². The van der Waals surface area contributed by atoms with E-state index < -0.39 is 149 Å². The second kappa shape index (κ2) is 15.6. The molecule has 0 aromatic heterocycles. The summed E-state index contributed by atoms with van der Waals surface area (Å²) in [7, 11) is 0. The van der Waals surface area contributed by atoms with Gasteiger partial charge in [-0.15, -0.1) is 0 Å². The van der Waals surface area contributed by atoms with Crippen LogP contribution in [-0.2, 0) is 33.2 Å². The molecular weight excluding hydrogens is 624 g/mol. The van der Waals surface area contributed by atoms with Gasteiger partial charge in [-0.05, 0) is 0 Å². The van der Waals surface area contributed by atoms with Crippen LogP contribution in [-0.4, -0.2) is 221 Å². The summed E-state index contributed by atoms with van der Waals surface area (Å²) in [5, 5.41) is 143. The zero-order valence-corrected chi connectivity index (χ0v) is 23.5. The number of rotatable bonds is 10. The van der Waals surface area contributed by atoms with E-state index in [-0.39, 0.29) is 0 Å². The second-order valence-corrected chi connectivity index (χ2v) is 11.1. The Labute approximate surface area is 254 Å². The molecule has 1 unspecified atom stereocenters. The van der Waals surface area contributed by atoms with Crippen molar-refractivity contribution in [3.63, 3.8) is 0 Å². The summed E-state index contributed by atoms with van der Waals surface area (Å²) in [6, 6.07) is 0. The Balaban J connectivity index is 1.68. The van der Waals surface area contributed by atoms with E-state index in [4.69, 9.17) is 33.2 Å². The molecule has 4 saturated heterocycles. The molecule has 20 atom stereocenters. The van der Waals surface area contributed by atoms with Crippen LogP contribution in [0.2, 0.25) is 0 Å². The van der Waals surface area contributed by atoms with Gasteiger partial charge in [0.25, 0.3) is 0 Å². The fourth-order valence-corrected chi connectivity index (χ4v) is 5.49. The van der Waals surface area contributed by atoms with E-state index in [1.165, 1.54) is 0 Å². The fraction of sp³-hybridized carbons (Fsp3) is 1.00. The van der Waals surface area contributed by atoms with Gasteiger partial charge in [0, 0.05) is 0 Å². The van der Waals surface area contributed by atoms with Crippen LogP contribution >= 0.6 is 0 Å². The van der Waals surface area contributed by atoms with Crippen molar-refractivity contribution >= 4 is 0 Å². The fourth-order valence-electron chi connectivity index (χ4n) is 5.49. The Kier molecular flexibility index (Phi) is 12.8. The third kappa shape index (κ3) is 7.44. The maximum atomic E-state index is 11.1. The van der Waals surface area contributed by atoms with Crippen LogP contribution in [0.5, 0.6) is 0 Å². The summed E-state index contributed by atoms with van der Waals surface area (Å²) in [5.41, 5.74) is 0. The monoisotopic (exact) mass is 666 g/mol. The number of aliphatic hydroxyl groups excluding tert-OH is 14. The molecule has 0 aromatic rings. The van der Waals surface area contributed by atoms with Crippen LogP contribution < -0.4 is 0 Å². The van der Waals surface area contributed by atoms with Gasteiger partial charge in [0.05, 0.1) is 26.4 Å². The van der Waals surface area contributed by atoms with Gasteiger partial charge in [0.1, 0.15) is 97.7 Å². The SMILES string of the molecule is OC[C@H]1O[C@H](O[C@@H]2[C@@H](O[C@@H]3C(O)O[C@H](CO)[C@@H](O)[C@@H]3O)O[C@H](CO)[C@@H](O)[C@@H]2O[C@H]2O[C@H](CO)[C@H](O)[C@H](O)[C@H]2O)[C@H](O)[C@@H](O)[C@H]1O. The molecule has 264 valence electrons. The van der Waals surface area contributed by atoms with Crippen molar-refractivity contribution in [1.82, 2.24) is 0 Å². The standard InChI is InChI=1S/C24H42O21/c25-1-5-11(31)15(35)19(21(38)39-5)44-24-20(45-23-17(37)14(34)10(30)7(3-27)41-23)18(12(32)8(4-28)42-24)43-22-16(36)13(33)9(29)6(2-26)40-22/h5-38H,1-4H2/t5-,6-,7-,8-,9+,10+,11-,12-,13+,14+,15+,16-,17-,18+,19+,20+,21?,22-,23-,24-/m1/s1. The molecule has 0 aromatic carbocycles. The van der Waals surface area contributed by atoms with E-state index in [1.54, 1.807) is 0 Å². The summed E-state index contributed by atoms with van der Waals surface area (Å²) in [4.78, 5) is 0. The first-order valence-electron chi connectivity index (χ1n) is 14.1. The zero-order valence-electron chi connectivity index (χ0n) is 23.5. The summed E-state index contributed by atoms with van der Waals surface area (Å²) < 4.78 is 38.5. The molecule has 0 amide bonds. The molecule has 4 fully saturated rings. The molecule has 4 aliphatic rings. The maximum Gasteiger partial charge on any atom is 0.187 e. The molecule has 4 heterocycles. The van der Waals surface area contributed by atoms with Crippen LogP contribution in [0.1, 0.15) is 0 Å². The molecule has 0 aliphatic carbocycles. The number of aliphatic hydroxyl groups is 14. The second-order valence-electron chi connectivity index (χ2n) is 11.1. The Morgan fingerprint density at radius 2 is 0.689 bits per heavy atom. The quantitative estimate of drug-likeness (QED) is 0.103.